The third kappa shape index (κ3) is 4.54. The zero-order valence-corrected chi connectivity index (χ0v) is 19.3. The van der Waals surface area contributed by atoms with Crippen LogP contribution < -0.4 is 4.74 Å². The topological polar surface area (TPSA) is 44.8 Å². The molecule has 0 bridgehead atoms. The molecule has 33 heavy (non-hydrogen) atoms. The summed E-state index contributed by atoms with van der Waals surface area (Å²) in [6.07, 6.45) is 7.96. The van der Waals surface area contributed by atoms with Gasteiger partial charge in [0.2, 0.25) is 0 Å². The van der Waals surface area contributed by atoms with Crippen molar-refractivity contribution in [3.8, 4) is 18.1 Å². The second-order valence-electron chi connectivity index (χ2n) is 9.06. The lowest BCUT2D eigenvalue weighted by Crippen LogP contribution is -2.46. The van der Waals surface area contributed by atoms with Crippen molar-refractivity contribution in [2.24, 2.45) is 17.8 Å². The van der Waals surface area contributed by atoms with Gasteiger partial charge in [-0.2, -0.15) is 0 Å². The van der Waals surface area contributed by atoms with E-state index in [9.17, 15) is 9.18 Å². The average Bonchev–Trinajstić information content (AvgIpc) is 3.23. The molecule has 0 aromatic heterocycles. The highest BCUT2D eigenvalue weighted by Gasteiger charge is 2.52. The summed E-state index contributed by atoms with van der Waals surface area (Å²) in [6.45, 7) is 6.18. The minimum Gasteiger partial charge on any atom is -0.489 e. The molecule has 0 N–H and O–H groups in total. The van der Waals surface area contributed by atoms with Crippen LogP contribution in [0.2, 0.25) is 0 Å². The second kappa shape index (κ2) is 9.41. The predicted octanol–water partition coefficient (Wildman–Crippen LogP) is 5.38. The van der Waals surface area contributed by atoms with Gasteiger partial charge >= 0.3 is 0 Å². The fraction of sp³-hybridized carbons (Fsp3) is 0.393. The van der Waals surface area contributed by atoms with Crippen molar-refractivity contribution < 1.29 is 23.4 Å². The number of carbonyl (C=O) groups excluding carboxylic acids is 1. The number of ether oxygens (including phenoxy) is 3. The van der Waals surface area contributed by atoms with Gasteiger partial charge in [0.05, 0.1) is 0 Å². The molecule has 4 rings (SSSR count). The van der Waals surface area contributed by atoms with E-state index < -0.39 is 5.60 Å². The molecule has 0 radical (unpaired) electrons. The first kappa shape index (κ1) is 23.1. The molecule has 1 heterocycles. The molecule has 0 spiro atoms. The zero-order valence-electron chi connectivity index (χ0n) is 19.3. The molecule has 2 aromatic rings. The van der Waals surface area contributed by atoms with Crippen LogP contribution in [-0.2, 0) is 27.3 Å². The molecule has 2 aromatic carbocycles. The molecule has 0 amide bonds. The Labute approximate surface area is 194 Å². The fourth-order valence-corrected chi connectivity index (χ4v) is 4.74. The molecule has 172 valence electrons. The summed E-state index contributed by atoms with van der Waals surface area (Å²) in [5.74, 6) is 2.80. The Morgan fingerprint density at radius 2 is 2.03 bits per heavy atom. The van der Waals surface area contributed by atoms with Gasteiger partial charge in [0.1, 0.15) is 29.5 Å². The molecule has 4 nitrogen and oxygen atoms in total. The van der Waals surface area contributed by atoms with E-state index in [1.165, 1.54) is 12.1 Å². The number of aryl methyl sites for hydroxylation is 1. The Kier molecular flexibility index (Phi) is 6.58. The first-order chi connectivity index (χ1) is 15.8. The molecular formula is C28H29FO4. The smallest absolute Gasteiger partial charge is 0.189 e. The van der Waals surface area contributed by atoms with E-state index in [4.69, 9.17) is 20.6 Å². The van der Waals surface area contributed by atoms with Crippen molar-refractivity contribution in [2.75, 3.05) is 6.79 Å². The van der Waals surface area contributed by atoms with Gasteiger partial charge in [0.15, 0.2) is 12.6 Å². The van der Waals surface area contributed by atoms with Gasteiger partial charge in [-0.25, -0.2) is 4.39 Å². The fourth-order valence-electron chi connectivity index (χ4n) is 4.74. The number of benzene rings is 2. The van der Waals surface area contributed by atoms with Crippen LogP contribution >= 0.6 is 0 Å². The standard InChI is InChI=1S/C28H29FO4/c1-5-18(2)23-15-28(27(14-25(23)30)32-17-33-28)20(4)12-22-13-26(19(3)11-24(22)29)31-16-21-9-7-6-8-10-21/h1,6-11,13-14,18,20,23H,12,15-17H2,2-4H3/t18?,20-,23+,28+/m0/s1. The first-order valence-corrected chi connectivity index (χ1v) is 11.3. The summed E-state index contributed by atoms with van der Waals surface area (Å²) in [6, 6.07) is 13.1. The van der Waals surface area contributed by atoms with Crippen LogP contribution in [0.4, 0.5) is 4.39 Å². The Morgan fingerprint density at radius 3 is 2.76 bits per heavy atom. The van der Waals surface area contributed by atoms with Crippen LogP contribution in [0.15, 0.2) is 54.3 Å². The quantitative estimate of drug-likeness (QED) is 0.534. The van der Waals surface area contributed by atoms with Crippen molar-refractivity contribution in [3.63, 3.8) is 0 Å². The van der Waals surface area contributed by atoms with E-state index in [0.717, 1.165) is 11.1 Å². The average molecular weight is 449 g/mol. The molecule has 4 atom stereocenters. The van der Waals surface area contributed by atoms with Crippen molar-refractivity contribution in [1.29, 1.82) is 0 Å². The number of fused-ring (bicyclic) bond motifs is 1. The number of hydrogen-bond donors (Lipinski definition) is 0. The maximum atomic E-state index is 15.0. The summed E-state index contributed by atoms with van der Waals surface area (Å²) in [5.41, 5.74) is 1.53. The molecular weight excluding hydrogens is 419 g/mol. The first-order valence-electron chi connectivity index (χ1n) is 11.3. The Balaban J connectivity index is 1.57. The van der Waals surface area contributed by atoms with Crippen LogP contribution in [0, 0.1) is 42.8 Å². The third-order valence-electron chi connectivity index (χ3n) is 6.88. The maximum absolute atomic E-state index is 15.0. The normalized spacial score (nSPS) is 23.7. The van der Waals surface area contributed by atoms with E-state index in [1.807, 2.05) is 51.1 Å². The highest BCUT2D eigenvalue weighted by Crippen LogP contribution is 2.47. The lowest BCUT2D eigenvalue weighted by atomic mass is 9.69. The zero-order chi connectivity index (χ0) is 23.6. The van der Waals surface area contributed by atoms with Gasteiger partial charge in [0.25, 0.3) is 0 Å². The van der Waals surface area contributed by atoms with Crippen LogP contribution in [0.3, 0.4) is 0 Å². The molecule has 0 saturated carbocycles. The van der Waals surface area contributed by atoms with Crippen molar-refractivity contribution in [3.05, 3.63) is 76.8 Å². The van der Waals surface area contributed by atoms with Crippen molar-refractivity contribution in [2.45, 2.75) is 45.8 Å². The van der Waals surface area contributed by atoms with Gasteiger partial charge < -0.3 is 14.2 Å². The number of carbonyl (C=O) groups is 1. The van der Waals surface area contributed by atoms with E-state index in [0.29, 0.717) is 36.5 Å². The largest absolute Gasteiger partial charge is 0.489 e. The van der Waals surface area contributed by atoms with Crippen LogP contribution in [0.5, 0.6) is 5.75 Å². The van der Waals surface area contributed by atoms with Crippen molar-refractivity contribution >= 4 is 5.78 Å². The van der Waals surface area contributed by atoms with Crippen molar-refractivity contribution in [1.82, 2.24) is 0 Å². The SMILES string of the molecule is C#CC(C)[C@H]1C[C@]2([C@@H](C)Cc3cc(OCc4ccccc4)c(C)cc3F)OCOC2=CC1=O. The minimum absolute atomic E-state index is 0.0399. The Bertz CT molecular complexity index is 1100. The summed E-state index contributed by atoms with van der Waals surface area (Å²) in [4.78, 5) is 12.6. The highest BCUT2D eigenvalue weighted by atomic mass is 19.1. The predicted molar refractivity (Wildman–Crippen MR) is 124 cm³/mol. The summed E-state index contributed by atoms with van der Waals surface area (Å²) in [7, 11) is 0. The number of terminal acetylenes is 1. The third-order valence-corrected chi connectivity index (χ3v) is 6.88. The second-order valence-corrected chi connectivity index (χ2v) is 9.06. The van der Waals surface area contributed by atoms with Gasteiger partial charge in [-0.05, 0) is 54.5 Å². The van der Waals surface area contributed by atoms with Gasteiger partial charge in [-0.1, -0.05) is 44.2 Å². The molecule has 1 unspecified atom stereocenters. The summed E-state index contributed by atoms with van der Waals surface area (Å²) in [5, 5.41) is 0. The Hall–Kier alpha value is -3.10. The van der Waals surface area contributed by atoms with Gasteiger partial charge in [0, 0.05) is 17.9 Å². The highest BCUT2D eigenvalue weighted by molar-refractivity contribution is 5.94. The number of hydrogen-bond acceptors (Lipinski definition) is 4. The summed E-state index contributed by atoms with van der Waals surface area (Å²) < 4.78 is 32.7. The summed E-state index contributed by atoms with van der Waals surface area (Å²) >= 11 is 0. The van der Waals surface area contributed by atoms with Crippen LogP contribution in [0.25, 0.3) is 0 Å². The molecule has 2 aliphatic rings. The Morgan fingerprint density at radius 1 is 1.27 bits per heavy atom. The monoisotopic (exact) mass is 448 g/mol. The van der Waals surface area contributed by atoms with E-state index in [-0.39, 0.29) is 36.1 Å². The molecule has 1 aliphatic carbocycles. The number of halogens is 1. The van der Waals surface area contributed by atoms with Gasteiger partial charge in [-0.15, -0.1) is 12.3 Å². The lowest BCUT2D eigenvalue weighted by Gasteiger charge is -2.39. The minimum atomic E-state index is -0.800. The van der Waals surface area contributed by atoms with E-state index >= 15 is 0 Å². The maximum Gasteiger partial charge on any atom is 0.189 e. The van der Waals surface area contributed by atoms with E-state index in [1.54, 1.807) is 6.07 Å². The molecule has 1 aliphatic heterocycles. The number of ketones is 1. The number of allylic oxidation sites excluding steroid dienone is 1. The molecule has 5 heteroatoms. The molecule has 1 fully saturated rings. The van der Waals surface area contributed by atoms with Crippen LogP contribution in [-0.4, -0.2) is 18.2 Å². The molecule has 1 saturated heterocycles. The van der Waals surface area contributed by atoms with Crippen LogP contribution in [0.1, 0.15) is 37.0 Å². The number of rotatable bonds is 7. The van der Waals surface area contributed by atoms with E-state index in [2.05, 4.69) is 5.92 Å². The lowest BCUT2D eigenvalue weighted by molar-refractivity contribution is -0.124. The van der Waals surface area contributed by atoms with Gasteiger partial charge in [-0.3, -0.25) is 4.79 Å².